The van der Waals surface area contributed by atoms with Gasteiger partial charge in [0.25, 0.3) is 0 Å². The van der Waals surface area contributed by atoms with Crippen LogP contribution in [0.4, 0.5) is 0 Å². The minimum atomic E-state index is -0.817. The highest BCUT2D eigenvalue weighted by Crippen LogP contribution is 2.26. The Bertz CT molecular complexity index is 409. The summed E-state index contributed by atoms with van der Waals surface area (Å²) in [7, 11) is 0. The van der Waals surface area contributed by atoms with Crippen LogP contribution in [0.5, 0.6) is 0 Å². The highest BCUT2D eigenvalue weighted by atomic mass is 32.2. The second-order valence-corrected chi connectivity index (χ2v) is 5.94. The van der Waals surface area contributed by atoms with Crippen molar-refractivity contribution < 1.29 is 9.90 Å². The second-order valence-electron chi connectivity index (χ2n) is 4.82. The molecule has 1 aliphatic rings. The number of rotatable bonds is 7. The molecule has 0 aromatic carbocycles. The maximum absolute atomic E-state index is 11.3. The third-order valence-corrected chi connectivity index (χ3v) is 4.01. The van der Waals surface area contributed by atoms with Gasteiger partial charge in [-0.2, -0.15) is 0 Å². The van der Waals surface area contributed by atoms with Crippen LogP contribution < -0.4 is 5.32 Å². The zero-order valence-corrected chi connectivity index (χ0v) is 11.2. The summed E-state index contributed by atoms with van der Waals surface area (Å²) in [6.07, 6.45) is 4.54. The first-order valence-corrected chi connectivity index (χ1v) is 7.14. The number of carboxylic acids is 1. The molecule has 0 saturated heterocycles. The van der Waals surface area contributed by atoms with E-state index in [1.54, 1.807) is 24.9 Å². The summed E-state index contributed by atoms with van der Waals surface area (Å²) in [5.41, 5.74) is -0.817. The number of pyridine rings is 1. The fourth-order valence-electron chi connectivity index (χ4n) is 1.71. The predicted molar refractivity (Wildman–Crippen MR) is 71.8 cm³/mol. The summed E-state index contributed by atoms with van der Waals surface area (Å²) in [5.74, 6) is -0.0180. The molecule has 4 nitrogen and oxygen atoms in total. The van der Waals surface area contributed by atoms with Crippen LogP contribution in [0.2, 0.25) is 0 Å². The van der Waals surface area contributed by atoms with Gasteiger partial charge in [-0.15, -0.1) is 11.8 Å². The van der Waals surface area contributed by atoms with Gasteiger partial charge in [0.15, 0.2) is 0 Å². The smallest absolute Gasteiger partial charge is 0.323 e. The molecular formula is C13H18N2O2S. The Balaban J connectivity index is 1.84. The van der Waals surface area contributed by atoms with Crippen LogP contribution >= 0.6 is 11.8 Å². The van der Waals surface area contributed by atoms with Gasteiger partial charge in [0, 0.05) is 18.0 Å². The van der Waals surface area contributed by atoms with E-state index in [4.69, 9.17) is 0 Å². The SMILES string of the molecule is CC(CCSc1ccccn1)(NC1CC1)C(=O)O. The van der Waals surface area contributed by atoms with E-state index in [2.05, 4.69) is 10.3 Å². The van der Waals surface area contributed by atoms with Gasteiger partial charge < -0.3 is 5.11 Å². The lowest BCUT2D eigenvalue weighted by Gasteiger charge is -2.26. The molecule has 0 bridgehead atoms. The van der Waals surface area contributed by atoms with Crippen LogP contribution in [0.25, 0.3) is 0 Å². The molecule has 0 radical (unpaired) electrons. The van der Waals surface area contributed by atoms with Gasteiger partial charge in [-0.1, -0.05) is 6.07 Å². The third kappa shape index (κ3) is 3.71. The number of aliphatic carboxylic acids is 1. The molecule has 0 aliphatic heterocycles. The van der Waals surface area contributed by atoms with Crippen molar-refractivity contribution in [1.82, 2.24) is 10.3 Å². The Morgan fingerprint density at radius 1 is 1.61 bits per heavy atom. The van der Waals surface area contributed by atoms with Crippen molar-refractivity contribution in [2.45, 2.75) is 42.8 Å². The minimum Gasteiger partial charge on any atom is -0.480 e. The van der Waals surface area contributed by atoms with Crippen molar-refractivity contribution in [3.05, 3.63) is 24.4 Å². The summed E-state index contributed by atoms with van der Waals surface area (Å²) in [4.78, 5) is 15.6. The van der Waals surface area contributed by atoms with Crippen molar-refractivity contribution in [3.63, 3.8) is 0 Å². The molecule has 1 aliphatic carbocycles. The van der Waals surface area contributed by atoms with Gasteiger partial charge in [0.2, 0.25) is 0 Å². The van der Waals surface area contributed by atoms with E-state index >= 15 is 0 Å². The zero-order chi connectivity index (χ0) is 13.0. The first kappa shape index (κ1) is 13.4. The van der Waals surface area contributed by atoms with E-state index in [1.807, 2.05) is 18.2 Å². The first-order chi connectivity index (χ1) is 8.60. The van der Waals surface area contributed by atoms with Crippen molar-refractivity contribution in [2.75, 3.05) is 5.75 Å². The lowest BCUT2D eigenvalue weighted by Crippen LogP contribution is -2.50. The largest absolute Gasteiger partial charge is 0.480 e. The standard InChI is InChI=1S/C13H18N2O2S/c1-13(12(16)17,15-10-5-6-10)7-9-18-11-4-2-3-8-14-11/h2-4,8,10,15H,5-7,9H2,1H3,(H,16,17). The topological polar surface area (TPSA) is 62.2 Å². The predicted octanol–water partition coefficient (Wildman–Crippen LogP) is 2.16. The molecular weight excluding hydrogens is 248 g/mol. The van der Waals surface area contributed by atoms with Crippen LogP contribution in [0.15, 0.2) is 29.4 Å². The van der Waals surface area contributed by atoms with Crippen LogP contribution in [-0.2, 0) is 4.79 Å². The van der Waals surface area contributed by atoms with Crippen molar-refractivity contribution >= 4 is 17.7 Å². The highest BCUT2D eigenvalue weighted by molar-refractivity contribution is 7.99. The molecule has 1 heterocycles. The molecule has 1 fully saturated rings. The maximum Gasteiger partial charge on any atom is 0.323 e. The number of nitrogens with zero attached hydrogens (tertiary/aromatic N) is 1. The number of thioether (sulfide) groups is 1. The van der Waals surface area contributed by atoms with E-state index in [0.717, 1.165) is 23.6 Å². The minimum absolute atomic E-state index is 0.394. The van der Waals surface area contributed by atoms with Crippen LogP contribution in [0.1, 0.15) is 26.2 Å². The van der Waals surface area contributed by atoms with Gasteiger partial charge in [-0.25, -0.2) is 4.98 Å². The van der Waals surface area contributed by atoms with Crippen LogP contribution in [0, 0.1) is 0 Å². The molecule has 18 heavy (non-hydrogen) atoms. The third-order valence-electron chi connectivity index (χ3n) is 3.06. The van der Waals surface area contributed by atoms with Gasteiger partial charge in [0.05, 0.1) is 5.03 Å². The summed E-state index contributed by atoms with van der Waals surface area (Å²) >= 11 is 1.60. The van der Waals surface area contributed by atoms with E-state index < -0.39 is 11.5 Å². The Kier molecular flexibility index (Phi) is 4.24. The lowest BCUT2D eigenvalue weighted by atomic mass is 9.99. The molecule has 1 unspecified atom stereocenters. The van der Waals surface area contributed by atoms with E-state index in [9.17, 15) is 9.90 Å². The number of hydrogen-bond acceptors (Lipinski definition) is 4. The lowest BCUT2D eigenvalue weighted by molar-refractivity contribution is -0.144. The van der Waals surface area contributed by atoms with E-state index in [0.29, 0.717) is 12.5 Å². The van der Waals surface area contributed by atoms with Crippen LogP contribution in [-0.4, -0.2) is 33.4 Å². The molecule has 2 rings (SSSR count). The van der Waals surface area contributed by atoms with Gasteiger partial charge >= 0.3 is 5.97 Å². The quantitative estimate of drug-likeness (QED) is 0.741. The van der Waals surface area contributed by atoms with Crippen molar-refractivity contribution in [1.29, 1.82) is 0 Å². The van der Waals surface area contributed by atoms with Gasteiger partial charge in [0.1, 0.15) is 5.54 Å². The zero-order valence-electron chi connectivity index (χ0n) is 10.4. The fourth-order valence-corrected chi connectivity index (χ4v) is 2.74. The Hall–Kier alpha value is -1.07. The summed E-state index contributed by atoms with van der Waals surface area (Å²) in [6.45, 7) is 1.77. The first-order valence-electron chi connectivity index (χ1n) is 6.15. The normalized spacial score (nSPS) is 18.3. The summed E-state index contributed by atoms with van der Waals surface area (Å²) < 4.78 is 0. The molecule has 1 aromatic rings. The summed E-state index contributed by atoms with van der Waals surface area (Å²) in [6, 6.07) is 6.15. The molecule has 0 spiro atoms. The number of aromatic nitrogens is 1. The molecule has 5 heteroatoms. The Morgan fingerprint density at radius 2 is 2.39 bits per heavy atom. The van der Waals surface area contributed by atoms with E-state index in [1.165, 1.54) is 0 Å². The summed E-state index contributed by atoms with van der Waals surface area (Å²) in [5, 5.41) is 13.5. The Morgan fingerprint density at radius 3 is 2.94 bits per heavy atom. The van der Waals surface area contributed by atoms with Crippen LogP contribution in [0.3, 0.4) is 0 Å². The Labute approximate surface area is 111 Å². The highest BCUT2D eigenvalue weighted by Gasteiger charge is 2.37. The molecule has 98 valence electrons. The molecule has 1 atom stereocenters. The van der Waals surface area contributed by atoms with E-state index in [-0.39, 0.29) is 0 Å². The van der Waals surface area contributed by atoms with Crippen molar-refractivity contribution in [3.8, 4) is 0 Å². The number of nitrogens with one attached hydrogen (secondary N) is 1. The molecule has 0 amide bonds. The average molecular weight is 266 g/mol. The number of hydrogen-bond donors (Lipinski definition) is 2. The van der Waals surface area contributed by atoms with Gasteiger partial charge in [-0.3, -0.25) is 10.1 Å². The average Bonchev–Trinajstić information content (AvgIpc) is 3.14. The van der Waals surface area contributed by atoms with Gasteiger partial charge in [-0.05, 0) is 38.3 Å². The maximum atomic E-state index is 11.3. The molecule has 2 N–H and O–H groups in total. The number of carbonyl (C=O) groups is 1. The fraction of sp³-hybridized carbons (Fsp3) is 0.538. The number of carboxylic acid groups (broad SMARTS) is 1. The monoisotopic (exact) mass is 266 g/mol. The van der Waals surface area contributed by atoms with Crippen molar-refractivity contribution in [2.24, 2.45) is 0 Å². The molecule has 1 aromatic heterocycles. The second kappa shape index (κ2) is 5.71. The molecule has 1 saturated carbocycles.